The molecule has 1 unspecified atom stereocenters. The lowest BCUT2D eigenvalue weighted by atomic mass is 9.95. The Balaban J connectivity index is 2.12. The molecule has 0 aromatic heterocycles. The summed E-state index contributed by atoms with van der Waals surface area (Å²) >= 11 is 0. The number of rotatable bonds is 3. The van der Waals surface area contributed by atoms with Gasteiger partial charge in [0.2, 0.25) is 10.0 Å². The molecule has 2 aliphatic rings. The van der Waals surface area contributed by atoms with Gasteiger partial charge in [-0.15, -0.1) is 0 Å². The predicted octanol–water partition coefficient (Wildman–Crippen LogP) is 2.76. The fraction of sp³-hybridized carbons (Fsp3) is 0.500. The predicted molar refractivity (Wildman–Crippen MR) is 85.0 cm³/mol. The number of hydrogen-bond donors (Lipinski definition) is 1. The van der Waals surface area contributed by atoms with Gasteiger partial charge in [0.1, 0.15) is 0 Å². The second-order valence-electron chi connectivity index (χ2n) is 5.89. The van der Waals surface area contributed by atoms with Crippen LogP contribution in [0.5, 0.6) is 0 Å². The lowest BCUT2D eigenvalue weighted by molar-refractivity contribution is 0.572. The average molecular weight is 306 g/mol. The van der Waals surface area contributed by atoms with E-state index in [0.29, 0.717) is 4.90 Å². The number of nitrogens with two attached hydrogens (primary N) is 1. The second-order valence-corrected chi connectivity index (χ2v) is 7.42. The lowest BCUT2D eigenvalue weighted by Gasteiger charge is -2.32. The third-order valence-electron chi connectivity index (χ3n) is 4.43. The van der Waals surface area contributed by atoms with Crippen LogP contribution in [0.2, 0.25) is 0 Å². The molecular weight excluding hydrogens is 284 g/mol. The summed E-state index contributed by atoms with van der Waals surface area (Å²) in [5.74, 6) is 0.163. The number of benzene rings is 1. The molecule has 1 aliphatic heterocycles. The molecule has 1 heterocycles. The monoisotopic (exact) mass is 306 g/mol. The first-order valence-electron chi connectivity index (χ1n) is 7.65. The Morgan fingerprint density at radius 2 is 1.90 bits per heavy atom. The van der Waals surface area contributed by atoms with Crippen molar-refractivity contribution >= 4 is 15.7 Å². The topological polar surface area (TPSA) is 63.4 Å². The summed E-state index contributed by atoms with van der Waals surface area (Å²) in [6.07, 6.45) is 9.81. The SMILES string of the molecule is NS(=O)(=O)c1cccc(N2CCCCC2)c1C1C=CCC1. The zero-order valence-electron chi connectivity index (χ0n) is 12.2. The first-order valence-corrected chi connectivity index (χ1v) is 9.19. The molecule has 1 fully saturated rings. The summed E-state index contributed by atoms with van der Waals surface area (Å²) < 4.78 is 24.0. The highest BCUT2D eigenvalue weighted by Crippen LogP contribution is 2.39. The summed E-state index contributed by atoms with van der Waals surface area (Å²) in [5, 5.41) is 5.45. The number of piperidine rings is 1. The number of anilines is 1. The Hall–Kier alpha value is -1.33. The fourth-order valence-electron chi connectivity index (χ4n) is 3.44. The highest BCUT2D eigenvalue weighted by Gasteiger charge is 2.26. The Bertz CT molecular complexity index is 646. The van der Waals surface area contributed by atoms with E-state index in [-0.39, 0.29) is 5.92 Å². The van der Waals surface area contributed by atoms with Crippen LogP contribution in [0.25, 0.3) is 0 Å². The fourth-order valence-corrected chi connectivity index (χ4v) is 4.27. The summed E-state index contributed by atoms with van der Waals surface area (Å²) in [4.78, 5) is 2.61. The molecule has 3 rings (SSSR count). The van der Waals surface area contributed by atoms with Gasteiger partial charge in [0.05, 0.1) is 4.90 Å². The summed E-state index contributed by atoms with van der Waals surface area (Å²) in [5.41, 5.74) is 1.95. The van der Waals surface area contributed by atoms with E-state index in [1.54, 1.807) is 6.07 Å². The molecule has 1 aromatic carbocycles. The Kier molecular flexibility index (Phi) is 4.04. The summed E-state index contributed by atoms with van der Waals surface area (Å²) in [7, 11) is -3.69. The maximum Gasteiger partial charge on any atom is 0.238 e. The largest absolute Gasteiger partial charge is 0.371 e. The molecule has 1 aromatic rings. The van der Waals surface area contributed by atoms with Gasteiger partial charge in [0, 0.05) is 30.3 Å². The molecule has 1 atom stereocenters. The molecule has 0 amide bonds. The standard InChI is InChI=1S/C16H22N2O2S/c17-21(19,20)15-10-6-9-14(18-11-4-1-5-12-18)16(15)13-7-2-3-8-13/h2,6-7,9-10,13H,1,3-5,8,11-12H2,(H2,17,19,20). The van der Waals surface area contributed by atoms with Gasteiger partial charge in [-0.2, -0.15) is 0 Å². The smallest absolute Gasteiger partial charge is 0.238 e. The van der Waals surface area contributed by atoms with Crippen LogP contribution < -0.4 is 10.0 Å². The third kappa shape index (κ3) is 2.99. The first kappa shape index (κ1) is 14.6. The average Bonchev–Trinajstić information content (AvgIpc) is 3.00. The molecule has 1 aliphatic carbocycles. The van der Waals surface area contributed by atoms with Crippen molar-refractivity contribution in [3.8, 4) is 0 Å². The maximum atomic E-state index is 12.0. The van der Waals surface area contributed by atoms with Crippen LogP contribution in [0.3, 0.4) is 0 Å². The van der Waals surface area contributed by atoms with Crippen LogP contribution in [0, 0.1) is 0 Å². The third-order valence-corrected chi connectivity index (χ3v) is 5.40. The molecule has 0 spiro atoms. The van der Waals surface area contributed by atoms with Gasteiger partial charge in [-0.3, -0.25) is 0 Å². The van der Waals surface area contributed by atoms with Crippen LogP contribution in [0.4, 0.5) is 5.69 Å². The van der Waals surface area contributed by atoms with Gasteiger partial charge in [0.15, 0.2) is 0 Å². The Morgan fingerprint density at radius 3 is 2.52 bits per heavy atom. The van der Waals surface area contributed by atoms with Crippen LogP contribution in [-0.2, 0) is 10.0 Å². The molecule has 114 valence electrons. The van der Waals surface area contributed by atoms with Crippen LogP contribution >= 0.6 is 0 Å². The van der Waals surface area contributed by atoms with Crippen LogP contribution in [0.1, 0.15) is 43.6 Å². The van der Waals surface area contributed by atoms with Gasteiger partial charge in [-0.1, -0.05) is 18.2 Å². The van der Waals surface area contributed by atoms with Crippen molar-refractivity contribution in [3.05, 3.63) is 35.9 Å². The minimum absolute atomic E-state index is 0.163. The number of nitrogens with zero attached hydrogens (tertiary/aromatic N) is 1. The van der Waals surface area contributed by atoms with E-state index in [2.05, 4.69) is 17.1 Å². The lowest BCUT2D eigenvalue weighted by Crippen LogP contribution is -2.31. The van der Waals surface area contributed by atoms with Gasteiger partial charge in [0.25, 0.3) is 0 Å². The Labute approximate surface area is 126 Å². The van der Waals surface area contributed by atoms with E-state index in [4.69, 9.17) is 5.14 Å². The van der Waals surface area contributed by atoms with E-state index in [0.717, 1.165) is 37.2 Å². The molecule has 0 radical (unpaired) electrons. The highest BCUT2D eigenvalue weighted by molar-refractivity contribution is 7.89. The molecule has 5 heteroatoms. The molecule has 0 bridgehead atoms. The number of hydrogen-bond acceptors (Lipinski definition) is 3. The van der Waals surface area contributed by atoms with Gasteiger partial charge < -0.3 is 4.90 Å². The van der Waals surface area contributed by atoms with E-state index < -0.39 is 10.0 Å². The minimum Gasteiger partial charge on any atom is -0.371 e. The summed E-state index contributed by atoms with van der Waals surface area (Å²) in [6, 6.07) is 5.50. The van der Waals surface area contributed by atoms with E-state index in [1.807, 2.05) is 12.1 Å². The number of sulfonamides is 1. The normalized spacial score (nSPS) is 22.7. The van der Waals surface area contributed by atoms with Crippen LogP contribution in [0.15, 0.2) is 35.2 Å². The molecule has 0 saturated carbocycles. The molecule has 21 heavy (non-hydrogen) atoms. The number of allylic oxidation sites excluding steroid dienone is 2. The minimum atomic E-state index is -3.69. The van der Waals surface area contributed by atoms with E-state index >= 15 is 0 Å². The molecule has 2 N–H and O–H groups in total. The van der Waals surface area contributed by atoms with E-state index in [9.17, 15) is 8.42 Å². The maximum absolute atomic E-state index is 12.0. The first-order chi connectivity index (χ1) is 10.1. The van der Waals surface area contributed by atoms with Crippen molar-refractivity contribution in [3.63, 3.8) is 0 Å². The van der Waals surface area contributed by atoms with Crippen molar-refractivity contribution in [2.45, 2.75) is 42.9 Å². The van der Waals surface area contributed by atoms with Gasteiger partial charge in [-0.05, 0) is 44.2 Å². The van der Waals surface area contributed by atoms with Crippen molar-refractivity contribution in [2.75, 3.05) is 18.0 Å². The zero-order chi connectivity index (χ0) is 14.9. The van der Waals surface area contributed by atoms with Gasteiger partial charge in [-0.25, -0.2) is 13.6 Å². The van der Waals surface area contributed by atoms with Crippen molar-refractivity contribution in [2.24, 2.45) is 5.14 Å². The molecule has 1 saturated heterocycles. The van der Waals surface area contributed by atoms with Crippen molar-refractivity contribution in [1.29, 1.82) is 0 Å². The van der Waals surface area contributed by atoms with Crippen molar-refractivity contribution < 1.29 is 8.42 Å². The van der Waals surface area contributed by atoms with Crippen molar-refractivity contribution in [1.82, 2.24) is 0 Å². The molecule has 4 nitrogen and oxygen atoms in total. The van der Waals surface area contributed by atoms with Crippen LogP contribution in [-0.4, -0.2) is 21.5 Å². The quantitative estimate of drug-likeness (QED) is 0.873. The van der Waals surface area contributed by atoms with Gasteiger partial charge >= 0.3 is 0 Å². The number of primary sulfonamides is 1. The summed E-state index contributed by atoms with van der Waals surface area (Å²) in [6.45, 7) is 2.00. The van der Waals surface area contributed by atoms with E-state index in [1.165, 1.54) is 19.3 Å². The highest BCUT2D eigenvalue weighted by atomic mass is 32.2. The molecular formula is C16H22N2O2S. The zero-order valence-corrected chi connectivity index (χ0v) is 13.0. The Morgan fingerprint density at radius 1 is 1.14 bits per heavy atom. The second kappa shape index (κ2) is 5.81.